The van der Waals surface area contributed by atoms with Gasteiger partial charge >= 0.3 is 35.5 Å². The van der Waals surface area contributed by atoms with Gasteiger partial charge in [0.05, 0.1) is 31.7 Å². The molecule has 0 bridgehead atoms. The first-order chi connectivity index (χ1) is 22.3. The molecule has 0 radical (unpaired) electrons. The average Bonchev–Trinajstić information content (AvgIpc) is 3.58. The lowest BCUT2D eigenvalue weighted by molar-refractivity contribution is -0.167. The number of allylic oxidation sites excluding steroid dienone is 2. The maximum Gasteiger partial charge on any atom is 0.335 e. The van der Waals surface area contributed by atoms with E-state index in [1.54, 1.807) is 17.2 Å². The zero-order chi connectivity index (χ0) is 34.4. The van der Waals surface area contributed by atoms with Crippen LogP contribution in [0.2, 0.25) is 0 Å². The molecule has 0 aliphatic carbocycles. The van der Waals surface area contributed by atoms with E-state index in [2.05, 4.69) is 4.98 Å². The van der Waals surface area contributed by atoms with Crippen molar-refractivity contribution in [3.8, 4) is 0 Å². The molecule has 254 valence electrons. The van der Waals surface area contributed by atoms with Crippen LogP contribution in [0.15, 0.2) is 39.8 Å². The molecular weight excluding hydrogens is 626 g/mol. The second kappa shape index (κ2) is 14.9. The third-order valence-electron chi connectivity index (χ3n) is 7.16. The fraction of sp³-hybridized carbons (Fsp3) is 0.517. The minimum Gasteiger partial charge on any atom is -0.464 e. The van der Waals surface area contributed by atoms with Gasteiger partial charge in [0.25, 0.3) is 5.56 Å². The zero-order valence-corrected chi connectivity index (χ0v) is 26.4. The predicted octanol–water partition coefficient (Wildman–Crippen LogP) is -1.18. The Morgan fingerprint density at radius 2 is 1.60 bits per heavy atom. The van der Waals surface area contributed by atoms with Gasteiger partial charge in [-0.05, 0) is 12.2 Å². The monoisotopic (exact) mass is 661 g/mol. The summed E-state index contributed by atoms with van der Waals surface area (Å²) in [6, 6.07) is 0. The van der Waals surface area contributed by atoms with Gasteiger partial charge in [0, 0.05) is 47.5 Å². The summed E-state index contributed by atoms with van der Waals surface area (Å²) in [6.07, 6.45) is 1.96. The largest absolute Gasteiger partial charge is 0.464 e. The lowest BCUT2D eigenvalue weighted by Crippen LogP contribution is -2.47. The van der Waals surface area contributed by atoms with E-state index in [-0.39, 0.29) is 56.1 Å². The number of hydrogen-bond acceptors (Lipinski definition) is 15. The summed E-state index contributed by atoms with van der Waals surface area (Å²) < 4.78 is 35.8. The molecule has 18 heteroatoms. The maximum atomic E-state index is 12.8. The van der Waals surface area contributed by atoms with Crippen LogP contribution in [0.3, 0.4) is 0 Å². The highest BCUT2D eigenvalue weighted by molar-refractivity contribution is 5.89. The summed E-state index contributed by atoms with van der Waals surface area (Å²) in [5, 5.41) is 0. The molecule has 47 heavy (non-hydrogen) atoms. The van der Waals surface area contributed by atoms with Crippen LogP contribution in [0.4, 0.5) is 0 Å². The van der Waals surface area contributed by atoms with Crippen molar-refractivity contribution in [3.05, 3.63) is 51.1 Å². The van der Waals surface area contributed by atoms with Crippen LogP contribution in [0.1, 0.15) is 27.2 Å². The van der Waals surface area contributed by atoms with E-state index < -0.39 is 65.6 Å². The molecule has 4 rings (SSSR count). The Labute approximate surface area is 267 Å². The second-order valence-corrected chi connectivity index (χ2v) is 10.7. The third kappa shape index (κ3) is 8.13. The molecule has 18 nitrogen and oxygen atoms in total. The Balaban J connectivity index is 1.29. The highest BCUT2D eigenvalue weighted by atomic mass is 16.7. The third-order valence-corrected chi connectivity index (χ3v) is 7.16. The zero-order valence-electron chi connectivity index (χ0n) is 26.4. The van der Waals surface area contributed by atoms with E-state index >= 15 is 0 Å². The van der Waals surface area contributed by atoms with E-state index in [0.717, 1.165) is 4.57 Å². The molecule has 0 saturated carbocycles. The first kappa shape index (κ1) is 34.6. The number of imidazole rings is 1. The molecule has 0 spiro atoms. The highest BCUT2D eigenvalue weighted by Crippen LogP contribution is 2.31. The van der Waals surface area contributed by atoms with E-state index in [1.165, 1.54) is 56.4 Å². The minimum atomic E-state index is -1.11. The van der Waals surface area contributed by atoms with Gasteiger partial charge in [0.2, 0.25) is 0 Å². The SMILES string of the molecule is CC(=O)OC[C@H]1O[C@@H](N2C=CC=C(C(=O)OCCCOC(=O)Cn3cnc4c3c(=O)n(C)c(=O)n4C)C2)[C@H](OC(C)=O)[C@@H]1OC(C)=O. The second-order valence-electron chi connectivity index (χ2n) is 10.7. The van der Waals surface area contributed by atoms with Crippen LogP contribution in [0.5, 0.6) is 0 Å². The Hall–Kier alpha value is -5.26. The van der Waals surface area contributed by atoms with Crippen molar-refractivity contribution in [2.24, 2.45) is 14.1 Å². The van der Waals surface area contributed by atoms with Crippen molar-refractivity contribution in [1.29, 1.82) is 0 Å². The van der Waals surface area contributed by atoms with Crippen molar-refractivity contribution >= 4 is 41.0 Å². The number of carbonyl (C=O) groups excluding carboxylic acids is 5. The molecule has 1 fully saturated rings. The Kier molecular flexibility index (Phi) is 11.0. The molecule has 2 aromatic rings. The van der Waals surface area contributed by atoms with Crippen LogP contribution in [0.25, 0.3) is 11.2 Å². The fourth-order valence-corrected chi connectivity index (χ4v) is 5.04. The molecule has 0 aromatic carbocycles. The smallest absolute Gasteiger partial charge is 0.335 e. The molecular formula is C29H35N5O13. The maximum absolute atomic E-state index is 12.8. The molecule has 1 saturated heterocycles. The van der Waals surface area contributed by atoms with Crippen LogP contribution in [-0.4, -0.2) is 104 Å². The Bertz CT molecular complexity index is 1740. The summed E-state index contributed by atoms with van der Waals surface area (Å²) in [4.78, 5) is 90.6. The number of ether oxygens (including phenoxy) is 6. The molecule has 4 atom stereocenters. The summed E-state index contributed by atoms with van der Waals surface area (Å²) >= 11 is 0. The van der Waals surface area contributed by atoms with Crippen LogP contribution >= 0.6 is 0 Å². The first-order valence-corrected chi connectivity index (χ1v) is 14.5. The quantitative estimate of drug-likeness (QED) is 0.149. The number of aromatic nitrogens is 4. The van der Waals surface area contributed by atoms with E-state index in [0.29, 0.717) is 0 Å². The van der Waals surface area contributed by atoms with Crippen molar-refractivity contribution in [1.82, 2.24) is 23.6 Å². The van der Waals surface area contributed by atoms with Gasteiger partial charge in [-0.2, -0.15) is 0 Å². The molecule has 0 N–H and O–H groups in total. The Morgan fingerprint density at radius 1 is 0.915 bits per heavy atom. The van der Waals surface area contributed by atoms with Gasteiger partial charge in [0.15, 0.2) is 29.6 Å². The first-order valence-electron chi connectivity index (χ1n) is 14.5. The molecule has 2 aliphatic heterocycles. The summed E-state index contributed by atoms with van der Waals surface area (Å²) in [5.74, 6) is -3.24. The summed E-state index contributed by atoms with van der Waals surface area (Å²) in [7, 11) is 2.79. The molecule has 2 aliphatic rings. The van der Waals surface area contributed by atoms with Gasteiger partial charge in [-0.15, -0.1) is 0 Å². The van der Waals surface area contributed by atoms with Crippen LogP contribution in [0, 0.1) is 0 Å². The van der Waals surface area contributed by atoms with Crippen molar-refractivity contribution in [2.45, 2.75) is 58.3 Å². The lowest BCUT2D eigenvalue weighted by Gasteiger charge is -2.32. The van der Waals surface area contributed by atoms with E-state index in [4.69, 9.17) is 28.4 Å². The number of carbonyl (C=O) groups is 5. The molecule has 2 aromatic heterocycles. The van der Waals surface area contributed by atoms with E-state index in [1.807, 2.05) is 0 Å². The number of rotatable bonds is 12. The normalized spacial score (nSPS) is 20.4. The standard InChI is InChI=1S/C29H35N5O13/c1-16(35)44-14-20-23(45-17(2)36)24(46-18(3)37)27(47-20)33-9-6-8-19(12-33)28(40)43-11-7-10-42-21(38)13-34-15-30-25-22(34)26(39)32(5)29(41)31(25)4/h6,8-9,15,20,23-24,27H,7,10-14H2,1-5H3/t20-,23-,24-,27-/m1/s1. The van der Waals surface area contributed by atoms with Crippen LogP contribution in [-0.2, 0) is 73.0 Å². The average molecular weight is 662 g/mol. The molecule has 0 amide bonds. The number of fused-ring (bicyclic) bond motifs is 1. The predicted molar refractivity (Wildman–Crippen MR) is 157 cm³/mol. The fourth-order valence-electron chi connectivity index (χ4n) is 5.04. The van der Waals surface area contributed by atoms with Gasteiger partial charge < -0.3 is 37.9 Å². The van der Waals surface area contributed by atoms with Crippen molar-refractivity contribution in [2.75, 3.05) is 26.4 Å². The van der Waals surface area contributed by atoms with Crippen LogP contribution < -0.4 is 11.2 Å². The number of hydrogen-bond donors (Lipinski definition) is 0. The summed E-state index contributed by atoms with van der Waals surface area (Å²) in [6.45, 7) is 2.78. The van der Waals surface area contributed by atoms with E-state index in [9.17, 15) is 33.6 Å². The molecule has 0 unspecified atom stereocenters. The van der Waals surface area contributed by atoms with Gasteiger partial charge in [0.1, 0.15) is 19.3 Å². The summed E-state index contributed by atoms with van der Waals surface area (Å²) in [5.41, 5.74) is -0.708. The highest BCUT2D eigenvalue weighted by Gasteiger charge is 2.51. The number of nitrogens with zero attached hydrogens (tertiary/aromatic N) is 5. The number of aryl methyl sites for hydroxylation is 1. The topological polar surface area (TPSA) is 206 Å². The van der Waals surface area contributed by atoms with Crippen molar-refractivity contribution in [3.63, 3.8) is 0 Å². The van der Waals surface area contributed by atoms with Gasteiger partial charge in [-0.25, -0.2) is 14.6 Å². The molecule has 4 heterocycles. The lowest BCUT2D eigenvalue weighted by atomic mass is 10.1. The van der Waals surface area contributed by atoms with Gasteiger partial charge in [-0.1, -0.05) is 0 Å². The minimum absolute atomic E-state index is 0.0241. The Morgan fingerprint density at radius 3 is 2.28 bits per heavy atom. The number of esters is 5. The van der Waals surface area contributed by atoms with Gasteiger partial charge in [-0.3, -0.25) is 33.1 Å². The van der Waals surface area contributed by atoms with Crippen molar-refractivity contribution < 1.29 is 52.4 Å².